The summed E-state index contributed by atoms with van der Waals surface area (Å²) in [7, 11) is 0. The van der Waals surface area contributed by atoms with E-state index < -0.39 is 17.3 Å². The molecule has 0 bridgehead atoms. The van der Waals surface area contributed by atoms with Gasteiger partial charge in [0.15, 0.2) is 0 Å². The van der Waals surface area contributed by atoms with Crippen LogP contribution in [0.25, 0.3) is 0 Å². The SMILES string of the molecule is C[C@H]1[C@H](O)C[C@@]2(O)C[C@]3(O)CC(C)(C)C[C@@H]3[C@@]12C. The topological polar surface area (TPSA) is 60.7 Å². The zero-order valence-electron chi connectivity index (χ0n) is 11.9. The van der Waals surface area contributed by atoms with Crippen molar-refractivity contribution in [2.45, 2.75) is 70.7 Å². The summed E-state index contributed by atoms with van der Waals surface area (Å²) in [6, 6.07) is 0. The summed E-state index contributed by atoms with van der Waals surface area (Å²) in [5.41, 5.74) is -1.84. The monoisotopic (exact) mass is 254 g/mol. The second-order valence-corrected chi connectivity index (χ2v) is 8.25. The molecule has 0 spiro atoms. The maximum Gasteiger partial charge on any atom is 0.0760 e. The van der Waals surface area contributed by atoms with Gasteiger partial charge in [0, 0.05) is 18.3 Å². The highest BCUT2D eigenvalue weighted by Crippen LogP contribution is 2.71. The van der Waals surface area contributed by atoms with E-state index in [1.807, 2.05) is 6.92 Å². The van der Waals surface area contributed by atoms with Gasteiger partial charge in [-0.1, -0.05) is 27.7 Å². The van der Waals surface area contributed by atoms with E-state index in [0.29, 0.717) is 12.8 Å². The minimum atomic E-state index is -0.887. The van der Waals surface area contributed by atoms with Gasteiger partial charge in [0.05, 0.1) is 17.3 Å². The molecule has 18 heavy (non-hydrogen) atoms. The van der Waals surface area contributed by atoms with Crippen molar-refractivity contribution in [1.29, 1.82) is 0 Å². The van der Waals surface area contributed by atoms with Gasteiger partial charge >= 0.3 is 0 Å². The summed E-state index contributed by atoms with van der Waals surface area (Å²) in [6.45, 7) is 8.50. The maximum atomic E-state index is 11.0. The van der Waals surface area contributed by atoms with E-state index in [-0.39, 0.29) is 22.7 Å². The van der Waals surface area contributed by atoms with E-state index in [1.165, 1.54) is 0 Å². The average molecular weight is 254 g/mol. The minimum absolute atomic E-state index is 0.0513. The van der Waals surface area contributed by atoms with Crippen LogP contribution < -0.4 is 0 Å². The molecule has 6 atom stereocenters. The van der Waals surface area contributed by atoms with Crippen molar-refractivity contribution < 1.29 is 15.3 Å². The molecule has 0 aromatic rings. The van der Waals surface area contributed by atoms with Crippen molar-refractivity contribution in [3.63, 3.8) is 0 Å². The molecule has 3 aliphatic rings. The molecule has 0 radical (unpaired) electrons. The molecule has 3 saturated carbocycles. The zero-order chi connectivity index (χ0) is 13.6. The fourth-order valence-electron chi connectivity index (χ4n) is 5.70. The fourth-order valence-corrected chi connectivity index (χ4v) is 5.70. The van der Waals surface area contributed by atoms with E-state index in [9.17, 15) is 15.3 Å². The maximum absolute atomic E-state index is 11.0. The quantitative estimate of drug-likeness (QED) is 0.616. The zero-order valence-corrected chi connectivity index (χ0v) is 11.9. The van der Waals surface area contributed by atoms with Crippen molar-refractivity contribution in [1.82, 2.24) is 0 Å². The second kappa shape index (κ2) is 3.13. The first-order chi connectivity index (χ1) is 8.04. The molecule has 0 aromatic carbocycles. The van der Waals surface area contributed by atoms with E-state index in [1.54, 1.807) is 0 Å². The lowest BCUT2D eigenvalue weighted by Gasteiger charge is -2.41. The van der Waals surface area contributed by atoms with Crippen LogP contribution in [-0.4, -0.2) is 32.6 Å². The molecule has 3 fully saturated rings. The summed E-state index contributed by atoms with van der Waals surface area (Å²) in [4.78, 5) is 0. The molecular formula is C15H26O3. The number of hydrogen-bond acceptors (Lipinski definition) is 3. The molecular weight excluding hydrogens is 228 g/mol. The highest BCUT2D eigenvalue weighted by Gasteiger charge is 2.75. The Hall–Kier alpha value is -0.120. The molecule has 0 aliphatic heterocycles. The van der Waals surface area contributed by atoms with Gasteiger partial charge in [0.1, 0.15) is 0 Å². The third-order valence-corrected chi connectivity index (χ3v) is 6.59. The Morgan fingerprint density at radius 3 is 2.22 bits per heavy atom. The Kier molecular flexibility index (Phi) is 2.24. The number of hydrogen-bond donors (Lipinski definition) is 3. The first kappa shape index (κ1) is 12.9. The predicted octanol–water partition coefficient (Wildman–Crippen LogP) is 1.70. The number of aliphatic hydroxyl groups is 3. The molecule has 3 heteroatoms. The lowest BCUT2D eigenvalue weighted by atomic mass is 9.66. The van der Waals surface area contributed by atoms with Crippen molar-refractivity contribution in [3.05, 3.63) is 0 Å². The van der Waals surface area contributed by atoms with Crippen molar-refractivity contribution >= 4 is 0 Å². The average Bonchev–Trinajstić information content (AvgIpc) is 2.57. The highest BCUT2D eigenvalue weighted by atomic mass is 16.3. The molecule has 0 heterocycles. The van der Waals surface area contributed by atoms with Gasteiger partial charge in [-0.25, -0.2) is 0 Å². The third kappa shape index (κ3) is 1.26. The standard InChI is InChI=1S/C15H26O3/c1-9-10(16)5-15(18)8-14(17)7-12(2,3)6-11(14)13(9,15)4/h9-11,16-18H,5-8H2,1-4H3/t9-,10+,11+,13+,14+,15+/m0/s1. The lowest BCUT2D eigenvalue weighted by molar-refractivity contribution is -0.0642. The van der Waals surface area contributed by atoms with E-state index >= 15 is 0 Å². The van der Waals surface area contributed by atoms with Gasteiger partial charge < -0.3 is 15.3 Å². The van der Waals surface area contributed by atoms with Crippen LogP contribution >= 0.6 is 0 Å². The van der Waals surface area contributed by atoms with E-state index in [0.717, 1.165) is 12.8 Å². The summed E-state index contributed by atoms with van der Waals surface area (Å²) in [5, 5.41) is 32.0. The van der Waals surface area contributed by atoms with Gasteiger partial charge in [-0.05, 0) is 30.1 Å². The van der Waals surface area contributed by atoms with Gasteiger partial charge in [0.2, 0.25) is 0 Å². The van der Waals surface area contributed by atoms with Crippen LogP contribution in [0.2, 0.25) is 0 Å². The van der Waals surface area contributed by atoms with Crippen LogP contribution in [0.1, 0.15) is 53.4 Å². The van der Waals surface area contributed by atoms with Crippen LogP contribution in [0, 0.1) is 22.7 Å². The predicted molar refractivity (Wildman–Crippen MR) is 68.9 cm³/mol. The smallest absolute Gasteiger partial charge is 0.0760 e. The summed E-state index contributed by atoms with van der Waals surface area (Å²) in [5.74, 6) is 0.160. The Morgan fingerprint density at radius 1 is 1.00 bits per heavy atom. The lowest BCUT2D eigenvalue weighted by Crippen LogP contribution is -2.44. The van der Waals surface area contributed by atoms with Crippen LogP contribution in [0.5, 0.6) is 0 Å². The second-order valence-electron chi connectivity index (χ2n) is 8.25. The Labute approximate surface area is 109 Å². The van der Waals surface area contributed by atoms with Crippen LogP contribution in [0.15, 0.2) is 0 Å². The molecule has 3 rings (SSSR count). The van der Waals surface area contributed by atoms with Crippen molar-refractivity contribution in [2.24, 2.45) is 22.7 Å². The molecule has 3 aliphatic carbocycles. The molecule has 3 nitrogen and oxygen atoms in total. The fraction of sp³-hybridized carbons (Fsp3) is 1.00. The molecule has 104 valence electrons. The first-order valence-electron chi connectivity index (χ1n) is 7.17. The van der Waals surface area contributed by atoms with Crippen LogP contribution in [-0.2, 0) is 0 Å². The number of aliphatic hydroxyl groups excluding tert-OH is 1. The molecule has 0 unspecified atom stereocenters. The number of fused-ring (bicyclic) bond motifs is 3. The highest BCUT2D eigenvalue weighted by molar-refractivity contribution is 5.25. The van der Waals surface area contributed by atoms with Gasteiger partial charge in [-0.2, -0.15) is 0 Å². The molecule has 0 aromatic heterocycles. The van der Waals surface area contributed by atoms with E-state index in [4.69, 9.17) is 0 Å². The van der Waals surface area contributed by atoms with E-state index in [2.05, 4.69) is 20.8 Å². The van der Waals surface area contributed by atoms with Crippen LogP contribution in [0.3, 0.4) is 0 Å². The largest absolute Gasteiger partial charge is 0.393 e. The summed E-state index contributed by atoms with van der Waals surface area (Å²) in [6.07, 6.45) is 2.13. The first-order valence-corrected chi connectivity index (χ1v) is 7.17. The summed E-state index contributed by atoms with van der Waals surface area (Å²) >= 11 is 0. The van der Waals surface area contributed by atoms with Crippen molar-refractivity contribution in [2.75, 3.05) is 0 Å². The summed E-state index contributed by atoms with van der Waals surface area (Å²) < 4.78 is 0. The Bertz CT molecular complexity index is 393. The Morgan fingerprint density at radius 2 is 1.61 bits per heavy atom. The molecule has 0 saturated heterocycles. The van der Waals surface area contributed by atoms with Gasteiger partial charge in [-0.15, -0.1) is 0 Å². The minimum Gasteiger partial charge on any atom is -0.393 e. The van der Waals surface area contributed by atoms with Gasteiger partial charge in [0.25, 0.3) is 0 Å². The van der Waals surface area contributed by atoms with Gasteiger partial charge in [-0.3, -0.25) is 0 Å². The number of rotatable bonds is 0. The normalized spacial score (nSPS) is 61.8. The Balaban J connectivity index is 2.07. The van der Waals surface area contributed by atoms with Crippen LogP contribution in [0.4, 0.5) is 0 Å². The third-order valence-electron chi connectivity index (χ3n) is 6.59. The van der Waals surface area contributed by atoms with Crippen molar-refractivity contribution in [3.8, 4) is 0 Å². The molecule has 0 amide bonds. The molecule has 3 N–H and O–H groups in total.